The highest BCUT2D eigenvalue weighted by molar-refractivity contribution is 5.90. The largest absolute Gasteiger partial charge is 0.321 e. The van der Waals surface area contributed by atoms with E-state index in [1.54, 1.807) is 0 Å². The SMILES string of the molecule is Cc1ccccc1NC(=O)N1CC(N2CCC(c3ccccc3)CC2)C1. The van der Waals surface area contributed by atoms with Gasteiger partial charge in [0, 0.05) is 24.8 Å². The molecule has 0 aliphatic carbocycles. The Hall–Kier alpha value is -2.33. The van der Waals surface area contributed by atoms with Crippen LogP contribution in [0.25, 0.3) is 0 Å². The van der Waals surface area contributed by atoms with Gasteiger partial charge in [-0.25, -0.2) is 4.79 Å². The van der Waals surface area contributed by atoms with E-state index in [1.807, 2.05) is 36.1 Å². The Labute approximate surface area is 155 Å². The summed E-state index contributed by atoms with van der Waals surface area (Å²) in [4.78, 5) is 16.9. The number of urea groups is 1. The molecule has 2 aromatic rings. The maximum Gasteiger partial charge on any atom is 0.321 e. The summed E-state index contributed by atoms with van der Waals surface area (Å²) in [6.07, 6.45) is 2.44. The van der Waals surface area contributed by atoms with Gasteiger partial charge in [-0.05, 0) is 56.0 Å². The molecule has 2 aliphatic rings. The summed E-state index contributed by atoms with van der Waals surface area (Å²) >= 11 is 0. The number of amides is 2. The smallest absolute Gasteiger partial charge is 0.321 e. The van der Waals surface area contributed by atoms with E-state index in [9.17, 15) is 4.79 Å². The van der Waals surface area contributed by atoms with Crippen molar-refractivity contribution in [1.82, 2.24) is 9.80 Å². The fourth-order valence-electron chi connectivity index (χ4n) is 4.08. The first-order chi connectivity index (χ1) is 12.7. The van der Waals surface area contributed by atoms with Crippen LogP contribution in [0.3, 0.4) is 0 Å². The lowest BCUT2D eigenvalue weighted by Crippen LogP contribution is -2.62. The van der Waals surface area contributed by atoms with Crippen LogP contribution in [-0.2, 0) is 0 Å². The van der Waals surface area contributed by atoms with Crippen LogP contribution < -0.4 is 5.32 Å². The summed E-state index contributed by atoms with van der Waals surface area (Å²) in [5, 5.41) is 3.03. The fraction of sp³-hybridized carbons (Fsp3) is 0.409. The van der Waals surface area contributed by atoms with Crippen LogP contribution in [0.5, 0.6) is 0 Å². The minimum absolute atomic E-state index is 0.0229. The Morgan fingerprint density at radius 2 is 1.62 bits per heavy atom. The molecule has 2 saturated heterocycles. The zero-order valence-corrected chi connectivity index (χ0v) is 15.4. The normalized spacial score (nSPS) is 19.2. The molecule has 136 valence electrons. The summed E-state index contributed by atoms with van der Waals surface area (Å²) in [5.41, 5.74) is 3.48. The van der Waals surface area contributed by atoms with Crippen LogP contribution in [0, 0.1) is 6.92 Å². The van der Waals surface area contributed by atoms with E-state index in [1.165, 1.54) is 18.4 Å². The fourth-order valence-corrected chi connectivity index (χ4v) is 4.08. The lowest BCUT2D eigenvalue weighted by Gasteiger charge is -2.47. The van der Waals surface area contributed by atoms with Crippen molar-refractivity contribution in [3.63, 3.8) is 0 Å². The van der Waals surface area contributed by atoms with E-state index in [4.69, 9.17) is 0 Å². The molecule has 0 atom stereocenters. The molecule has 0 spiro atoms. The number of benzene rings is 2. The van der Waals surface area contributed by atoms with Crippen molar-refractivity contribution < 1.29 is 4.79 Å². The number of rotatable bonds is 3. The van der Waals surface area contributed by atoms with Crippen LogP contribution in [-0.4, -0.2) is 48.1 Å². The van der Waals surface area contributed by atoms with Gasteiger partial charge < -0.3 is 10.2 Å². The van der Waals surface area contributed by atoms with Crippen molar-refractivity contribution in [2.24, 2.45) is 0 Å². The average molecular weight is 349 g/mol. The number of aryl methyl sites for hydroxylation is 1. The zero-order valence-electron chi connectivity index (χ0n) is 15.4. The third kappa shape index (κ3) is 3.61. The van der Waals surface area contributed by atoms with E-state index in [0.717, 1.165) is 37.4 Å². The van der Waals surface area contributed by atoms with Crippen molar-refractivity contribution in [2.75, 3.05) is 31.5 Å². The standard InChI is InChI=1S/C22H27N3O/c1-17-7-5-6-10-21(17)23-22(26)25-15-20(16-25)24-13-11-19(12-14-24)18-8-3-2-4-9-18/h2-10,19-20H,11-16H2,1H3,(H,23,26). The third-order valence-corrected chi connectivity index (χ3v) is 5.85. The zero-order chi connectivity index (χ0) is 17.9. The van der Waals surface area contributed by atoms with E-state index < -0.39 is 0 Å². The molecule has 2 aliphatic heterocycles. The van der Waals surface area contributed by atoms with Crippen molar-refractivity contribution in [3.8, 4) is 0 Å². The molecule has 2 heterocycles. The highest BCUT2D eigenvalue weighted by Gasteiger charge is 2.36. The average Bonchev–Trinajstić information content (AvgIpc) is 2.64. The lowest BCUT2D eigenvalue weighted by atomic mass is 9.88. The predicted molar refractivity (Wildman–Crippen MR) is 106 cm³/mol. The molecule has 2 fully saturated rings. The highest BCUT2D eigenvalue weighted by Crippen LogP contribution is 2.30. The number of piperidine rings is 1. The van der Waals surface area contributed by atoms with Gasteiger partial charge in [-0.2, -0.15) is 0 Å². The number of hydrogen-bond acceptors (Lipinski definition) is 2. The van der Waals surface area contributed by atoms with Gasteiger partial charge in [0.25, 0.3) is 0 Å². The van der Waals surface area contributed by atoms with Crippen LogP contribution in [0.4, 0.5) is 10.5 Å². The molecule has 0 saturated carbocycles. The first kappa shape index (κ1) is 17.1. The number of anilines is 1. The molecule has 26 heavy (non-hydrogen) atoms. The van der Waals surface area contributed by atoms with Crippen LogP contribution in [0.15, 0.2) is 54.6 Å². The van der Waals surface area contributed by atoms with E-state index in [-0.39, 0.29) is 6.03 Å². The van der Waals surface area contributed by atoms with E-state index in [2.05, 4.69) is 40.5 Å². The molecule has 1 N–H and O–H groups in total. The quantitative estimate of drug-likeness (QED) is 0.906. The van der Waals surface area contributed by atoms with Crippen LogP contribution in [0.2, 0.25) is 0 Å². The van der Waals surface area contributed by atoms with Gasteiger partial charge in [-0.15, -0.1) is 0 Å². The second kappa shape index (κ2) is 7.50. The van der Waals surface area contributed by atoms with Gasteiger partial charge in [0.05, 0.1) is 0 Å². The minimum Gasteiger partial charge on any atom is -0.321 e. The Kier molecular flexibility index (Phi) is 4.93. The molecule has 4 nitrogen and oxygen atoms in total. The molecule has 0 aromatic heterocycles. The molecular formula is C22H27N3O. The van der Waals surface area contributed by atoms with E-state index >= 15 is 0 Å². The summed E-state index contributed by atoms with van der Waals surface area (Å²) in [7, 11) is 0. The van der Waals surface area contributed by atoms with Gasteiger partial charge in [0.2, 0.25) is 0 Å². The molecule has 2 aromatic carbocycles. The van der Waals surface area contributed by atoms with Crippen LogP contribution >= 0.6 is 0 Å². The first-order valence-corrected chi connectivity index (χ1v) is 9.61. The second-order valence-electron chi connectivity index (χ2n) is 7.52. The minimum atomic E-state index is 0.0229. The molecule has 2 amide bonds. The number of carbonyl (C=O) groups is 1. The maximum absolute atomic E-state index is 12.4. The summed E-state index contributed by atoms with van der Waals surface area (Å²) in [6, 6.07) is 19.3. The van der Waals surface area contributed by atoms with E-state index in [0.29, 0.717) is 12.0 Å². The van der Waals surface area contributed by atoms with Crippen LogP contribution in [0.1, 0.15) is 29.9 Å². The van der Waals surface area contributed by atoms with Crippen molar-refractivity contribution in [3.05, 3.63) is 65.7 Å². The number of likely N-dealkylation sites (tertiary alicyclic amines) is 2. The van der Waals surface area contributed by atoms with Gasteiger partial charge in [0.1, 0.15) is 0 Å². The number of nitrogens with zero attached hydrogens (tertiary/aromatic N) is 2. The Balaban J connectivity index is 1.24. The number of para-hydroxylation sites is 1. The molecule has 0 radical (unpaired) electrons. The number of nitrogens with one attached hydrogen (secondary N) is 1. The molecule has 0 unspecified atom stereocenters. The topological polar surface area (TPSA) is 35.6 Å². The van der Waals surface area contributed by atoms with Crippen molar-refractivity contribution in [1.29, 1.82) is 0 Å². The molecule has 4 heteroatoms. The van der Waals surface area contributed by atoms with Gasteiger partial charge in [-0.3, -0.25) is 4.90 Å². The Morgan fingerprint density at radius 1 is 0.962 bits per heavy atom. The number of hydrogen-bond donors (Lipinski definition) is 1. The molecule has 4 rings (SSSR count). The highest BCUT2D eigenvalue weighted by atomic mass is 16.2. The second-order valence-corrected chi connectivity index (χ2v) is 7.52. The first-order valence-electron chi connectivity index (χ1n) is 9.61. The monoisotopic (exact) mass is 349 g/mol. The summed E-state index contributed by atoms with van der Waals surface area (Å²) in [5.74, 6) is 0.688. The summed E-state index contributed by atoms with van der Waals surface area (Å²) < 4.78 is 0. The van der Waals surface area contributed by atoms with Gasteiger partial charge in [0.15, 0.2) is 0 Å². The van der Waals surface area contributed by atoms with Crippen molar-refractivity contribution >= 4 is 11.7 Å². The Morgan fingerprint density at radius 3 is 2.31 bits per heavy atom. The molecular weight excluding hydrogens is 322 g/mol. The Bertz CT molecular complexity index is 747. The number of carbonyl (C=O) groups excluding carboxylic acids is 1. The van der Waals surface area contributed by atoms with Gasteiger partial charge >= 0.3 is 6.03 Å². The summed E-state index contributed by atoms with van der Waals surface area (Å²) in [6.45, 7) is 5.97. The predicted octanol–water partition coefficient (Wildman–Crippen LogP) is 4.09. The third-order valence-electron chi connectivity index (χ3n) is 5.85. The lowest BCUT2D eigenvalue weighted by molar-refractivity contribution is 0.0453. The molecule has 0 bridgehead atoms. The van der Waals surface area contributed by atoms with Crippen molar-refractivity contribution in [2.45, 2.75) is 31.7 Å². The maximum atomic E-state index is 12.4. The van der Waals surface area contributed by atoms with Gasteiger partial charge in [-0.1, -0.05) is 48.5 Å².